The number of benzene rings is 1. The number of nitrogens with two attached hydrogens (primary N) is 1. The number of rotatable bonds is 6. The molecule has 2 fully saturated rings. The third-order valence-electron chi connectivity index (χ3n) is 7.08. The number of nitrogens with zero attached hydrogens (tertiary/aromatic N) is 1. The van der Waals surface area contributed by atoms with Crippen LogP contribution in [-0.2, 0) is 16.0 Å². The van der Waals surface area contributed by atoms with E-state index in [0.717, 1.165) is 32.4 Å². The number of hydrogen-bond acceptors (Lipinski definition) is 3. The zero-order valence-electron chi connectivity index (χ0n) is 17.9. The van der Waals surface area contributed by atoms with Crippen molar-refractivity contribution in [3.8, 4) is 0 Å². The number of carbonyl (C=O) groups is 1. The molecular weight excluding hydrogens is 372 g/mol. The minimum Gasteiger partial charge on any atom is -0.378 e. The lowest BCUT2D eigenvalue weighted by Gasteiger charge is -2.59. The Balaban J connectivity index is 0.00000280. The van der Waals surface area contributed by atoms with E-state index in [-0.39, 0.29) is 29.8 Å². The van der Waals surface area contributed by atoms with Crippen LogP contribution in [0.4, 0.5) is 0 Å². The molecule has 2 atom stereocenters. The molecule has 1 aromatic rings. The highest BCUT2D eigenvalue weighted by Crippen LogP contribution is 2.50. The third kappa shape index (κ3) is 4.39. The van der Waals surface area contributed by atoms with Gasteiger partial charge in [0, 0.05) is 31.5 Å². The first-order valence-electron chi connectivity index (χ1n) is 10.5. The number of piperidine rings is 1. The van der Waals surface area contributed by atoms with E-state index in [9.17, 15) is 4.79 Å². The van der Waals surface area contributed by atoms with Crippen LogP contribution in [0.5, 0.6) is 0 Å². The minimum atomic E-state index is -0.776. The Morgan fingerprint density at radius 2 is 1.82 bits per heavy atom. The molecule has 158 valence electrons. The van der Waals surface area contributed by atoms with Gasteiger partial charge >= 0.3 is 0 Å². The first-order chi connectivity index (χ1) is 12.8. The third-order valence-corrected chi connectivity index (χ3v) is 7.08. The summed E-state index contributed by atoms with van der Waals surface area (Å²) in [5, 5.41) is 0. The highest BCUT2D eigenvalue weighted by Gasteiger charge is 2.63. The number of likely N-dealkylation sites (tertiary alicyclic amines) is 1. The van der Waals surface area contributed by atoms with E-state index < -0.39 is 5.54 Å². The zero-order chi connectivity index (χ0) is 19.7. The number of halogens is 1. The predicted octanol–water partition coefficient (Wildman–Crippen LogP) is 4.12. The Morgan fingerprint density at radius 3 is 2.36 bits per heavy atom. The molecule has 2 aliphatic rings. The molecule has 0 radical (unpaired) electrons. The Bertz CT molecular complexity index is 653. The fraction of sp³-hybridized carbons (Fsp3) is 0.696. The second-order valence-corrected chi connectivity index (χ2v) is 9.10. The van der Waals surface area contributed by atoms with Gasteiger partial charge < -0.3 is 15.4 Å². The second-order valence-electron chi connectivity index (χ2n) is 9.10. The lowest BCUT2D eigenvalue weighted by molar-refractivity contribution is -0.180. The summed E-state index contributed by atoms with van der Waals surface area (Å²) in [6.45, 7) is 10.6. The largest absolute Gasteiger partial charge is 0.378 e. The lowest BCUT2D eigenvalue weighted by atomic mass is 9.54. The van der Waals surface area contributed by atoms with Crippen molar-refractivity contribution in [2.24, 2.45) is 17.1 Å². The van der Waals surface area contributed by atoms with E-state index in [1.807, 2.05) is 11.8 Å². The maximum Gasteiger partial charge on any atom is 0.243 e. The van der Waals surface area contributed by atoms with Crippen LogP contribution in [0.25, 0.3) is 0 Å². The molecule has 1 aromatic carbocycles. The van der Waals surface area contributed by atoms with Crippen LogP contribution in [-0.4, -0.2) is 42.1 Å². The number of ether oxygens (including phenoxy) is 1. The number of aryl methyl sites for hydroxylation is 2. The molecule has 1 aliphatic heterocycles. The van der Waals surface area contributed by atoms with Gasteiger partial charge in [-0.15, -0.1) is 12.4 Å². The van der Waals surface area contributed by atoms with E-state index in [2.05, 4.69) is 45.0 Å². The van der Waals surface area contributed by atoms with Gasteiger partial charge in [0.25, 0.3) is 0 Å². The molecule has 1 amide bonds. The molecule has 5 heteroatoms. The van der Waals surface area contributed by atoms with Crippen LogP contribution in [0.15, 0.2) is 24.3 Å². The van der Waals surface area contributed by atoms with Crippen molar-refractivity contribution in [2.75, 3.05) is 19.7 Å². The maximum atomic E-state index is 13.1. The Kier molecular flexibility index (Phi) is 7.57. The van der Waals surface area contributed by atoms with Crippen LogP contribution in [0.3, 0.4) is 0 Å². The van der Waals surface area contributed by atoms with Crippen LogP contribution in [0, 0.1) is 18.3 Å². The fourth-order valence-electron chi connectivity index (χ4n) is 4.63. The van der Waals surface area contributed by atoms with Gasteiger partial charge in [-0.3, -0.25) is 4.79 Å². The van der Waals surface area contributed by atoms with Gasteiger partial charge in [0.1, 0.15) is 5.54 Å². The molecule has 4 nitrogen and oxygen atoms in total. The molecule has 1 aliphatic carbocycles. The molecule has 28 heavy (non-hydrogen) atoms. The molecular formula is C23H37ClN2O2. The van der Waals surface area contributed by atoms with Gasteiger partial charge in [0.15, 0.2) is 0 Å². The summed E-state index contributed by atoms with van der Waals surface area (Å²) >= 11 is 0. The molecule has 1 heterocycles. The topological polar surface area (TPSA) is 55.6 Å². The van der Waals surface area contributed by atoms with Crippen molar-refractivity contribution in [2.45, 2.75) is 71.4 Å². The average molecular weight is 409 g/mol. The maximum absolute atomic E-state index is 13.1. The minimum absolute atomic E-state index is 0. The Morgan fingerprint density at radius 1 is 1.21 bits per heavy atom. The van der Waals surface area contributed by atoms with E-state index in [4.69, 9.17) is 10.5 Å². The van der Waals surface area contributed by atoms with E-state index in [1.165, 1.54) is 17.5 Å². The van der Waals surface area contributed by atoms with Gasteiger partial charge in [-0.2, -0.15) is 0 Å². The highest BCUT2D eigenvalue weighted by atomic mass is 35.5. The quantitative estimate of drug-likeness (QED) is 0.770. The summed E-state index contributed by atoms with van der Waals surface area (Å²) in [5.74, 6) is 0.829. The van der Waals surface area contributed by atoms with Gasteiger partial charge in [0.05, 0.1) is 6.10 Å². The summed E-state index contributed by atoms with van der Waals surface area (Å²) in [5.41, 5.74) is 8.23. The molecule has 3 rings (SSSR count). The molecule has 0 aromatic heterocycles. The Hall–Kier alpha value is -1.10. The van der Waals surface area contributed by atoms with Gasteiger partial charge in [-0.25, -0.2) is 0 Å². The van der Waals surface area contributed by atoms with Crippen molar-refractivity contribution in [3.63, 3.8) is 0 Å². The SMILES string of the molecule is CCOC1CC(N)(C(=O)N2CCC(CCc3ccc(C)cc3)CC2)C1(C)C.Cl. The summed E-state index contributed by atoms with van der Waals surface area (Å²) in [6.07, 6.45) is 5.23. The van der Waals surface area contributed by atoms with Crippen molar-refractivity contribution in [1.82, 2.24) is 4.90 Å². The van der Waals surface area contributed by atoms with Gasteiger partial charge in [0.2, 0.25) is 5.91 Å². The second kappa shape index (κ2) is 9.15. The first-order valence-corrected chi connectivity index (χ1v) is 10.5. The standard InChI is InChI=1S/C23H36N2O2.ClH/c1-5-27-20-16-23(24,22(20,3)4)21(26)25-14-12-19(13-15-25)11-10-18-8-6-17(2)7-9-18;/h6-9,19-20H,5,10-16,24H2,1-4H3;1H. The van der Waals surface area contributed by atoms with Gasteiger partial charge in [-0.05, 0) is 51.0 Å². The Labute approximate surface area is 176 Å². The average Bonchev–Trinajstić information content (AvgIpc) is 2.67. The van der Waals surface area contributed by atoms with Crippen molar-refractivity contribution in [3.05, 3.63) is 35.4 Å². The first kappa shape index (κ1) is 23.2. The van der Waals surface area contributed by atoms with Crippen molar-refractivity contribution < 1.29 is 9.53 Å². The van der Waals surface area contributed by atoms with Gasteiger partial charge in [-0.1, -0.05) is 43.7 Å². The van der Waals surface area contributed by atoms with E-state index in [0.29, 0.717) is 18.9 Å². The summed E-state index contributed by atoms with van der Waals surface area (Å²) in [7, 11) is 0. The smallest absolute Gasteiger partial charge is 0.243 e. The molecule has 0 bridgehead atoms. The number of hydrogen-bond donors (Lipinski definition) is 1. The van der Waals surface area contributed by atoms with Crippen LogP contribution < -0.4 is 5.73 Å². The lowest BCUT2D eigenvalue weighted by Crippen LogP contribution is -2.76. The molecule has 2 unspecified atom stereocenters. The summed E-state index contributed by atoms with van der Waals surface area (Å²) < 4.78 is 5.77. The van der Waals surface area contributed by atoms with Crippen molar-refractivity contribution in [1.29, 1.82) is 0 Å². The molecule has 1 saturated heterocycles. The summed E-state index contributed by atoms with van der Waals surface area (Å²) in [6, 6.07) is 8.85. The number of amides is 1. The normalized spacial score (nSPS) is 27.0. The molecule has 0 spiro atoms. The fourth-order valence-corrected chi connectivity index (χ4v) is 4.63. The number of carbonyl (C=O) groups excluding carboxylic acids is 1. The van der Waals surface area contributed by atoms with E-state index in [1.54, 1.807) is 0 Å². The predicted molar refractivity (Wildman–Crippen MR) is 117 cm³/mol. The van der Waals surface area contributed by atoms with E-state index >= 15 is 0 Å². The zero-order valence-corrected chi connectivity index (χ0v) is 18.7. The van der Waals surface area contributed by atoms with Crippen LogP contribution in [0.1, 0.15) is 57.6 Å². The monoisotopic (exact) mass is 408 g/mol. The highest BCUT2D eigenvalue weighted by molar-refractivity contribution is 5.89. The molecule has 2 N–H and O–H groups in total. The van der Waals surface area contributed by atoms with Crippen molar-refractivity contribution >= 4 is 18.3 Å². The summed E-state index contributed by atoms with van der Waals surface area (Å²) in [4.78, 5) is 15.1. The molecule has 1 saturated carbocycles. The van der Waals surface area contributed by atoms with Crippen LogP contribution >= 0.6 is 12.4 Å². The van der Waals surface area contributed by atoms with Crippen LogP contribution in [0.2, 0.25) is 0 Å².